The predicted octanol–water partition coefficient (Wildman–Crippen LogP) is 6.99. The zero-order valence-corrected chi connectivity index (χ0v) is 21.1. The molecule has 0 spiro atoms. The van der Waals surface area contributed by atoms with Crippen LogP contribution in [0, 0.1) is 5.92 Å². The fraction of sp³-hybridized carbons (Fsp3) is 0.433. The van der Waals surface area contributed by atoms with Gasteiger partial charge in [0.05, 0.1) is 13.2 Å². The van der Waals surface area contributed by atoms with Gasteiger partial charge in [0.25, 0.3) is 0 Å². The molecule has 0 saturated carbocycles. The Labute approximate surface area is 209 Å². The Bertz CT molecular complexity index is 944. The van der Waals surface area contributed by atoms with E-state index in [4.69, 9.17) is 9.47 Å². The standard InChI is InChI=1S/C30H38O5/c1-4-6-7-9-12-23(3)29(32)24-13-15-25(16-14-24)30(33)26-17-19-27(20-18-26)34-21-10-8-11-22-35-28(31)5-2/h5,13-20,23H,2,4,6-12,21-22H2,1,3H3. The predicted molar refractivity (Wildman–Crippen MR) is 139 cm³/mol. The molecule has 2 aromatic carbocycles. The van der Waals surface area contributed by atoms with Crippen LogP contribution < -0.4 is 4.74 Å². The molecule has 0 saturated heterocycles. The number of carbonyl (C=O) groups excluding carboxylic acids is 3. The third kappa shape index (κ3) is 9.89. The third-order valence-corrected chi connectivity index (χ3v) is 5.95. The first-order valence-electron chi connectivity index (χ1n) is 12.7. The molecule has 1 unspecified atom stereocenters. The zero-order chi connectivity index (χ0) is 25.5. The van der Waals surface area contributed by atoms with E-state index in [-0.39, 0.29) is 17.5 Å². The van der Waals surface area contributed by atoms with Crippen molar-refractivity contribution < 1.29 is 23.9 Å². The Morgan fingerprint density at radius 1 is 0.800 bits per heavy atom. The van der Waals surface area contributed by atoms with Crippen molar-refractivity contribution in [3.8, 4) is 5.75 Å². The van der Waals surface area contributed by atoms with Crippen molar-refractivity contribution >= 4 is 17.5 Å². The minimum atomic E-state index is -0.400. The van der Waals surface area contributed by atoms with Gasteiger partial charge in [0, 0.05) is 28.7 Å². The minimum absolute atomic E-state index is 0.00394. The van der Waals surface area contributed by atoms with E-state index < -0.39 is 5.97 Å². The summed E-state index contributed by atoms with van der Waals surface area (Å²) in [6, 6.07) is 14.1. The second-order valence-electron chi connectivity index (χ2n) is 8.83. The molecule has 0 N–H and O–H groups in total. The van der Waals surface area contributed by atoms with Crippen molar-refractivity contribution in [2.75, 3.05) is 13.2 Å². The van der Waals surface area contributed by atoms with Crippen molar-refractivity contribution in [2.45, 2.75) is 65.2 Å². The van der Waals surface area contributed by atoms with Gasteiger partial charge in [0.15, 0.2) is 11.6 Å². The van der Waals surface area contributed by atoms with Crippen LogP contribution in [-0.4, -0.2) is 30.7 Å². The Kier molecular flexibility index (Phi) is 12.5. The summed E-state index contributed by atoms with van der Waals surface area (Å²) in [5.41, 5.74) is 1.79. The van der Waals surface area contributed by atoms with Crippen LogP contribution in [0.5, 0.6) is 5.75 Å². The number of esters is 1. The van der Waals surface area contributed by atoms with Crippen molar-refractivity contribution in [3.05, 3.63) is 77.9 Å². The van der Waals surface area contributed by atoms with Crippen molar-refractivity contribution in [3.63, 3.8) is 0 Å². The molecule has 0 aromatic heterocycles. The van der Waals surface area contributed by atoms with Gasteiger partial charge < -0.3 is 9.47 Å². The van der Waals surface area contributed by atoms with E-state index in [0.717, 1.165) is 38.2 Å². The van der Waals surface area contributed by atoms with Crippen LogP contribution in [-0.2, 0) is 9.53 Å². The van der Waals surface area contributed by atoms with Crippen LogP contribution in [0.4, 0.5) is 0 Å². The molecule has 0 radical (unpaired) electrons. The Morgan fingerprint density at radius 2 is 1.37 bits per heavy atom. The average Bonchev–Trinajstić information content (AvgIpc) is 2.89. The molecule has 0 bridgehead atoms. The van der Waals surface area contributed by atoms with Gasteiger partial charge in [-0.1, -0.05) is 70.4 Å². The molecular weight excluding hydrogens is 440 g/mol. The summed E-state index contributed by atoms with van der Waals surface area (Å²) in [6.07, 6.45) is 9.20. The van der Waals surface area contributed by atoms with Crippen LogP contribution in [0.25, 0.3) is 0 Å². The van der Waals surface area contributed by atoms with E-state index in [0.29, 0.717) is 35.7 Å². The number of rotatable bonds is 17. The van der Waals surface area contributed by atoms with Gasteiger partial charge >= 0.3 is 5.97 Å². The van der Waals surface area contributed by atoms with E-state index in [2.05, 4.69) is 13.5 Å². The number of unbranched alkanes of at least 4 members (excludes halogenated alkanes) is 5. The van der Waals surface area contributed by atoms with Crippen LogP contribution in [0.2, 0.25) is 0 Å². The SMILES string of the molecule is C=CC(=O)OCCCCCOc1ccc(C(=O)c2ccc(C(=O)C(C)CCCCCC)cc2)cc1. The summed E-state index contributed by atoms with van der Waals surface area (Å²) in [5, 5.41) is 0. The smallest absolute Gasteiger partial charge is 0.330 e. The van der Waals surface area contributed by atoms with Crippen molar-refractivity contribution in [1.29, 1.82) is 0 Å². The molecule has 0 heterocycles. The summed E-state index contributed by atoms with van der Waals surface area (Å²) in [6.45, 7) is 8.45. The molecule has 5 heteroatoms. The summed E-state index contributed by atoms with van der Waals surface area (Å²) in [4.78, 5) is 36.5. The third-order valence-electron chi connectivity index (χ3n) is 5.95. The molecule has 5 nitrogen and oxygen atoms in total. The van der Waals surface area contributed by atoms with E-state index in [9.17, 15) is 14.4 Å². The lowest BCUT2D eigenvalue weighted by atomic mass is 9.92. The lowest BCUT2D eigenvalue weighted by molar-refractivity contribution is -0.137. The summed E-state index contributed by atoms with van der Waals surface area (Å²) >= 11 is 0. The lowest BCUT2D eigenvalue weighted by Gasteiger charge is -2.11. The van der Waals surface area contributed by atoms with Crippen LogP contribution >= 0.6 is 0 Å². The number of ketones is 2. The summed E-state index contributed by atoms with van der Waals surface area (Å²) in [7, 11) is 0. The number of benzene rings is 2. The fourth-order valence-electron chi connectivity index (χ4n) is 3.75. The number of hydrogen-bond acceptors (Lipinski definition) is 5. The van der Waals surface area contributed by atoms with Gasteiger partial charge in [-0.25, -0.2) is 4.79 Å². The molecule has 2 rings (SSSR count). The largest absolute Gasteiger partial charge is 0.494 e. The Hall–Kier alpha value is -3.21. The molecule has 0 aliphatic heterocycles. The molecular formula is C30H38O5. The van der Waals surface area contributed by atoms with Gasteiger partial charge in [0.2, 0.25) is 0 Å². The van der Waals surface area contributed by atoms with E-state index in [1.807, 2.05) is 6.92 Å². The topological polar surface area (TPSA) is 69.7 Å². The maximum atomic E-state index is 12.8. The van der Waals surface area contributed by atoms with E-state index >= 15 is 0 Å². The average molecular weight is 479 g/mol. The zero-order valence-electron chi connectivity index (χ0n) is 21.1. The maximum absolute atomic E-state index is 12.8. The van der Waals surface area contributed by atoms with Gasteiger partial charge in [-0.3, -0.25) is 9.59 Å². The number of ether oxygens (including phenoxy) is 2. The highest BCUT2D eigenvalue weighted by molar-refractivity contribution is 6.09. The minimum Gasteiger partial charge on any atom is -0.494 e. The van der Waals surface area contributed by atoms with Crippen molar-refractivity contribution in [1.82, 2.24) is 0 Å². The quantitative estimate of drug-likeness (QED) is 0.106. The molecule has 188 valence electrons. The summed E-state index contributed by atoms with van der Waals surface area (Å²) in [5.74, 6) is 0.351. The fourth-order valence-corrected chi connectivity index (χ4v) is 3.75. The van der Waals surface area contributed by atoms with Crippen LogP contribution in [0.1, 0.15) is 91.5 Å². The van der Waals surface area contributed by atoms with Crippen molar-refractivity contribution in [2.24, 2.45) is 5.92 Å². The first-order chi connectivity index (χ1) is 17.0. The van der Waals surface area contributed by atoms with Gasteiger partial charge in [-0.05, 0) is 49.9 Å². The second kappa shape index (κ2) is 15.6. The highest BCUT2D eigenvalue weighted by Gasteiger charge is 2.16. The van der Waals surface area contributed by atoms with Gasteiger partial charge in [0.1, 0.15) is 5.75 Å². The normalized spacial score (nSPS) is 11.5. The summed E-state index contributed by atoms with van der Waals surface area (Å²) < 4.78 is 10.7. The first kappa shape index (κ1) is 28.0. The first-order valence-corrected chi connectivity index (χ1v) is 12.7. The Morgan fingerprint density at radius 3 is 2.00 bits per heavy atom. The highest BCUT2D eigenvalue weighted by Crippen LogP contribution is 2.19. The van der Waals surface area contributed by atoms with Gasteiger partial charge in [-0.15, -0.1) is 0 Å². The van der Waals surface area contributed by atoms with Crippen LogP contribution in [0.15, 0.2) is 61.2 Å². The van der Waals surface area contributed by atoms with E-state index in [1.165, 1.54) is 19.3 Å². The number of carbonyl (C=O) groups is 3. The number of Topliss-reactive ketones (excluding diaryl/α,β-unsaturated/α-hetero) is 1. The maximum Gasteiger partial charge on any atom is 0.330 e. The molecule has 2 aromatic rings. The van der Waals surface area contributed by atoms with E-state index in [1.54, 1.807) is 48.5 Å². The molecule has 35 heavy (non-hydrogen) atoms. The number of hydrogen-bond donors (Lipinski definition) is 0. The molecule has 0 aliphatic rings. The molecule has 1 atom stereocenters. The Balaban J connectivity index is 1.78. The van der Waals surface area contributed by atoms with Gasteiger partial charge in [-0.2, -0.15) is 0 Å². The highest BCUT2D eigenvalue weighted by atomic mass is 16.5. The lowest BCUT2D eigenvalue weighted by Crippen LogP contribution is -2.12. The second-order valence-corrected chi connectivity index (χ2v) is 8.83. The molecule has 0 amide bonds. The monoisotopic (exact) mass is 478 g/mol. The molecule has 0 aliphatic carbocycles. The molecule has 0 fully saturated rings. The van der Waals surface area contributed by atoms with Crippen LogP contribution in [0.3, 0.4) is 0 Å².